The Hall–Kier alpha value is -1.17. The number of nitrogens with zero attached hydrogens (tertiary/aromatic N) is 2. The first-order valence-corrected chi connectivity index (χ1v) is 7.23. The zero-order chi connectivity index (χ0) is 14.7. The van der Waals surface area contributed by atoms with Gasteiger partial charge in [-0.2, -0.15) is 0 Å². The van der Waals surface area contributed by atoms with E-state index in [1.54, 1.807) is 7.11 Å². The molecule has 2 rings (SSSR count). The molecule has 0 radical (unpaired) electrons. The molecule has 1 atom stereocenters. The third-order valence-corrected chi connectivity index (χ3v) is 3.91. The molecule has 0 aliphatic carbocycles. The lowest BCUT2D eigenvalue weighted by atomic mass is 10.0. The molecule has 0 spiro atoms. The van der Waals surface area contributed by atoms with Crippen molar-refractivity contribution >= 4 is 0 Å². The fourth-order valence-electron chi connectivity index (χ4n) is 2.81. The normalized spacial score (nSPS) is 17.0. The predicted molar refractivity (Wildman–Crippen MR) is 79.8 cm³/mol. The first-order chi connectivity index (χ1) is 9.54. The van der Waals surface area contributed by atoms with E-state index in [1.807, 2.05) is 17.6 Å². The summed E-state index contributed by atoms with van der Waals surface area (Å²) in [4.78, 5) is 14.9. The van der Waals surface area contributed by atoms with E-state index in [9.17, 15) is 4.79 Å². The maximum Gasteiger partial charge on any atom is 0.255 e. The summed E-state index contributed by atoms with van der Waals surface area (Å²) in [5.41, 5.74) is 9.16. The van der Waals surface area contributed by atoms with Crippen LogP contribution in [-0.2, 0) is 24.2 Å². The van der Waals surface area contributed by atoms with Gasteiger partial charge in [-0.3, -0.25) is 4.79 Å². The SMILES string of the molecule is COCCCn1c2c(cc(C(C)N)c1=O)CN(C)CC2. The van der Waals surface area contributed by atoms with Gasteiger partial charge in [-0.25, -0.2) is 0 Å². The molecule has 0 bridgehead atoms. The minimum Gasteiger partial charge on any atom is -0.385 e. The van der Waals surface area contributed by atoms with Crippen molar-refractivity contribution < 1.29 is 4.74 Å². The highest BCUT2D eigenvalue weighted by atomic mass is 16.5. The molecule has 20 heavy (non-hydrogen) atoms. The minimum absolute atomic E-state index is 0.0689. The molecule has 1 aromatic heterocycles. The Kier molecular flexibility index (Phi) is 4.96. The minimum atomic E-state index is -0.228. The molecule has 0 saturated heterocycles. The number of ether oxygens (including phenoxy) is 1. The van der Waals surface area contributed by atoms with Crippen LogP contribution in [0.4, 0.5) is 0 Å². The molecule has 1 aliphatic rings. The average molecular weight is 279 g/mol. The maximum absolute atomic E-state index is 12.6. The molecule has 0 saturated carbocycles. The number of methoxy groups -OCH3 is 1. The summed E-state index contributed by atoms with van der Waals surface area (Å²) in [7, 11) is 3.79. The van der Waals surface area contributed by atoms with E-state index in [1.165, 1.54) is 11.3 Å². The van der Waals surface area contributed by atoms with Crippen LogP contribution in [0.1, 0.15) is 36.2 Å². The number of rotatable bonds is 5. The summed E-state index contributed by atoms with van der Waals surface area (Å²) < 4.78 is 7.01. The first-order valence-electron chi connectivity index (χ1n) is 7.23. The number of hydrogen-bond donors (Lipinski definition) is 1. The molecule has 0 amide bonds. The number of aromatic nitrogens is 1. The Balaban J connectivity index is 2.43. The molecule has 112 valence electrons. The standard InChI is InChI=1S/C15H25N3O2/c1-11(16)13-9-12-10-17(2)7-5-14(12)18(15(13)19)6-4-8-20-3/h9,11H,4-8,10,16H2,1-3H3. The van der Waals surface area contributed by atoms with Gasteiger partial charge < -0.3 is 19.9 Å². The molecular weight excluding hydrogens is 254 g/mol. The van der Waals surface area contributed by atoms with Gasteiger partial charge in [0.15, 0.2) is 0 Å². The molecule has 0 aromatic carbocycles. The lowest BCUT2D eigenvalue weighted by Gasteiger charge is -2.28. The lowest BCUT2D eigenvalue weighted by Crippen LogP contribution is -2.36. The van der Waals surface area contributed by atoms with Crippen molar-refractivity contribution in [2.75, 3.05) is 27.3 Å². The molecular formula is C15H25N3O2. The zero-order valence-electron chi connectivity index (χ0n) is 12.7. The fourth-order valence-corrected chi connectivity index (χ4v) is 2.81. The van der Waals surface area contributed by atoms with E-state index < -0.39 is 0 Å². The van der Waals surface area contributed by atoms with Gasteiger partial charge in [-0.05, 0) is 32.0 Å². The summed E-state index contributed by atoms with van der Waals surface area (Å²) >= 11 is 0. The molecule has 2 heterocycles. The van der Waals surface area contributed by atoms with Crippen LogP contribution < -0.4 is 11.3 Å². The number of hydrogen-bond acceptors (Lipinski definition) is 4. The van der Waals surface area contributed by atoms with Gasteiger partial charge in [0, 0.05) is 57.1 Å². The summed E-state index contributed by atoms with van der Waals surface area (Å²) in [6, 6.07) is 1.78. The van der Waals surface area contributed by atoms with Gasteiger partial charge in [0.05, 0.1) is 0 Å². The Morgan fingerprint density at radius 3 is 2.90 bits per heavy atom. The number of likely N-dealkylation sites (N-methyl/N-ethyl adjacent to an activating group) is 1. The number of pyridine rings is 1. The maximum atomic E-state index is 12.6. The highest BCUT2D eigenvalue weighted by Crippen LogP contribution is 2.19. The fraction of sp³-hybridized carbons (Fsp3) is 0.667. The van der Waals surface area contributed by atoms with Crippen LogP contribution in [0.25, 0.3) is 0 Å². The van der Waals surface area contributed by atoms with Crippen LogP contribution in [-0.4, -0.2) is 36.8 Å². The molecule has 0 fully saturated rings. The highest BCUT2D eigenvalue weighted by molar-refractivity contribution is 5.30. The summed E-state index contributed by atoms with van der Waals surface area (Å²) in [6.45, 7) is 5.13. The van der Waals surface area contributed by atoms with Crippen molar-refractivity contribution in [1.82, 2.24) is 9.47 Å². The molecule has 1 aromatic rings. The summed E-state index contributed by atoms with van der Waals surface area (Å²) in [5, 5.41) is 0. The lowest BCUT2D eigenvalue weighted by molar-refractivity contribution is 0.189. The average Bonchev–Trinajstić information content (AvgIpc) is 2.40. The Labute approximate surface area is 120 Å². The van der Waals surface area contributed by atoms with E-state index in [-0.39, 0.29) is 11.6 Å². The molecule has 1 unspecified atom stereocenters. The second-order valence-corrected chi connectivity index (χ2v) is 5.65. The topological polar surface area (TPSA) is 60.5 Å². The van der Waals surface area contributed by atoms with Crippen molar-refractivity contribution in [1.29, 1.82) is 0 Å². The van der Waals surface area contributed by atoms with Crippen molar-refractivity contribution in [2.24, 2.45) is 5.73 Å². The largest absolute Gasteiger partial charge is 0.385 e. The van der Waals surface area contributed by atoms with Gasteiger partial charge in [0.25, 0.3) is 5.56 Å². The van der Waals surface area contributed by atoms with Gasteiger partial charge in [-0.1, -0.05) is 0 Å². The number of nitrogens with two attached hydrogens (primary N) is 1. The van der Waals surface area contributed by atoms with Gasteiger partial charge >= 0.3 is 0 Å². The van der Waals surface area contributed by atoms with E-state index in [2.05, 4.69) is 11.9 Å². The zero-order valence-corrected chi connectivity index (χ0v) is 12.7. The predicted octanol–water partition coefficient (Wildman–Crippen LogP) is 0.892. The van der Waals surface area contributed by atoms with Crippen LogP contribution in [0.5, 0.6) is 0 Å². The van der Waals surface area contributed by atoms with E-state index in [0.29, 0.717) is 13.2 Å². The van der Waals surface area contributed by atoms with Crippen molar-refractivity contribution in [3.63, 3.8) is 0 Å². The van der Waals surface area contributed by atoms with E-state index in [0.717, 1.165) is 31.5 Å². The third-order valence-electron chi connectivity index (χ3n) is 3.91. The van der Waals surface area contributed by atoms with Crippen molar-refractivity contribution in [3.8, 4) is 0 Å². The van der Waals surface area contributed by atoms with Crippen molar-refractivity contribution in [2.45, 2.75) is 38.9 Å². The Bertz CT molecular complexity index is 523. The van der Waals surface area contributed by atoms with Gasteiger partial charge in [0.2, 0.25) is 0 Å². The second kappa shape index (κ2) is 6.52. The van der Waals surface area contributed by atoms with Crippen LogP contribution in [0.2, 0.25) is 0 Å². The highest BCUT2D eigenvalue weighted by Gasteiger charge is 2.20. The monoisotopic (exact) mass is 279 g/mol. The Morgan fingerprint density at radius 1 is 1.50 bits per heavy atom. The van der Waals surface area contributed by atoms with Crippen molar-refractivity contribution in [3.05, 3.63) is 33.2 Å². The Morgan fingerprint density at radius 2 is 2.25 bits per heavy atom. The van der Waals surface area contributed by atoms with Crippen LogP contribution >= 0.6 is 0 Å². The van der Waals surface area contributed by atoms with Gasteiger partial charge in [-0.15, -0.1) is 0 Å². The first kappa shape index (κ1) is 15.2. The number of fused-ring (bicyclic) bond motifs is 1. The quantitative estimate of drug-likeness (QED) is 0.813. The van der Waals surface area contributed by atoms with Crippen LogP contribution in [0.15, 0.2) is 10.9 Å². The van der Waals surface area contributed by atoms with Crippen LogP contribution in [0, 0.1) is 0 Å². The second-order valence-electron chi connectivity index (χ2n) is 5.65. The van der Waals surface area contributed by atoms with E-state index >= 15 is 0 Å². The van der Waals surface area contributed by atoms with Crippen LogP contribution in [0.3, 0.4) is 0 Å². The summed E-state index contributed by atoms with van der Waals surface area (Å²) in [5.74, 6) is 0. The molecule has 5 nitrogen and oxygen atoms in total. The van der Waals surface area contributed by atoms with E-state index in [4.69, 9.17) is 10.5 Å². The third kappa shape index (κ3) is 3.11. The molecule has 1 aliphatic heterocycles. The van der Waals surface area contributed by atoms with Gasteiger partial charge in [0.1, 0.15) is 0 Å². The smallest absolute Gasteiger partial charge is 0.255 e. The molecule has 2 N–H and O–H groups in total. The summed E-state index contributed by atoms with van der Waals surface area (Å²) in [6.07, 6.45) is 1.77. The molecule has 5 heteroatoms.